The number of unbranched alkanes of at least 4 members (excludes halogenated alkanes) is 3. The highest BCUT2D eigenvalue weighted by Gasteiger charge is 2.44. The Labute approximate surface area is 201 Å². The number of piperidine rings is 1. The SMILES string of the molecule is CCCCCCOc1ccc(C(=O)N2CCC3(CC2)CC(=O)c2cc(Cl)cc(C)c2O3)cc1. The Morgan fingerprint density at radius 2 is 1.85 bits per heavy atom. The van der Waals surface area contributed by atoms with Crippen LogP contribution in [0, 0.1) is 6.92 Å². The number of ether oxygens (including phenoxy) is 2. The van der Waals surface area contributed by atoms with E-state index in [2.05, 4.69) is 6.92 Å². The molecule has 176 valence electrons. The van der Waals surface area contributed by atoms with Crippen molar-refractivity contribution in [3.05, 3.63) is 58.1 Å². The molecule has 1 saturated heterocycles. The van der Waals surface area contributed by atoms with Gasteiger partial charge in [-0.25, -0.2) is 0 Å². The largest absolute Gasteiger partial charge is 0.494 e. The van der Waals surface area contributed by atoms with Crippen LogP contribution in [-0.4, -0.2) is 41.9 Å². The van der Waals surface area contributed by atoms with E-state index in [0.717, 1.165) is 17.7 Å². The van der Waals surface area contributed by atoms with Crippen LogP contribution in [0.25, 0.3) is 0 Å². The van der Waals surface area contributed by atoms with E-state index in [9.17, 15) is 9.59 Å². The van der Waals surface area contributed by atoms with Crippen LogP contribution in [0.2, 0.25) is 5.02 Å². The molecule has 33 heavy (non-hydrogen) atoms. The second-order valence-electron chi connectivity index (χ2n) is 9.21. The first-order valence-corrected chi connectivity index (χ1v) is 12.3. The average Bonchev–Trinajstić information content (AvgIpc) is 2.80. The van der Waals surface area contributed by atoms with Gasteiger partial charge in [0.2, 0.25) is 0 Å². The first-order valence-electron chi connectivity index (χ1n) is 12.0. The van der Waals surface area contributed by atoms with Gasteiger partial charge in [-0.3, -0.25) is 9.59 Å². The standard InChI is InChI=1S/C27H32ClNO4/c1-3-4-5-6-15-32-22-9-7-20(8-10-22)26(31)29-13-11-27(12-14-29)18-24(30)23-17-21(28)16-19(2)25(23)33-27/h7-10,16-17H,3-6,11-15,18H2,1-2H3. The van der Waals surface area contributed by atoms with Crippen molar-refractivity contribution in [2.75, 3.05) is 19.7 Å². The van der Waals surface area contributed by atoms with Crippen molar-refractivity contribution >= 4 is 23.3 Å². The fourth-order valence-corrected chi connectivity index (χ4v) is 4.98. The summed E-state index contributed by atoms with van der Waals surface area (Å²) in [7, 11) is 0. The van der Waals surface area contributed by atoms with Crippen molar-refractivity contribution < 1.29 is 19.1 Å². The number of aryl methyl sites for hydroxylation is 1. The Hall–Kier alpha value is -2.53. The van der Waals surface area contributed by atoms with Gasteiger partial charge in [-0.05, 0) is 55.3 Å². The maximum atomic E-state index is 13.0. The molecular weight excluding hydrogens is 438 g/mol. The summed E-state index contributed by atoms with van der Waals surface area (Å²) in [5.41, 5.74) is 1.54. The van der Waals surface area contributed by atoms with Gasteiger partial charge in [-0.15, -0.1) is 0 Å². The highest BCUT2D eigenvalue weighted by Crippen LogP contribution is 2.42. The number of nitrogens with zero attached hydrogens (tertiary/aromatic N) is 1. The van der Waals surface area contributed by atoms with Crippen molar-refractivity contribution in [2.45, 2.75) is 64.4 Å². The first kappa shape index (κ1) is 23.6. The predicted octanol–water partition coefficient (Wildman–Crippen LogP) is 6.25. The van der Waals surface area contributed by atoms with E-state index in [1.54, 1.807) is 6.07 Å². The predicted molar refractivity (Wildman–Crippen MR) is 130 cm³/mol. The number of hydrogen-bond acceptors (Lipinski definition) is 4. The molecular formula is C27H32ClNO4. The zero-order valence-corrected chi connectivity index (χ0v) is 20.2. The van der Waals surface area contributed by atoms with Gasteiger partial charge in [0.05, 0.1) is 18.6 Å². The number of hydrogen-bond donors (Lipinski definition) is 0. The number of likely N-dealkylation sites (tertiary alicyclic amines) is 1. The molecule has 0 radical (unpaired) electrons. The highest BCUT2D eigenvalue weighted by molar-refractivity contribution is 6.31. The van der Waals surface area contributed by atoms with Crippen molar-refractivity contribution in [3.63, 3.8) is 0 Å². The number of amides is 1. The molecule has 0 N–H and O–H groups in total. The van der Waals surface area contributed by atoms with E-state index < -0.39 is 5.60 Å². The molecule has 0 unspecified atom stereocenters. The molecule has 2 heterocycles. The van der Waals surface area contributed by atoms with Gasteiger partial charge in [0, 0.05) is 36.5 Å². The van der Waals surface area contributed by atoms with E-state index in [4.69, 9.17) is 21.1 Å². The molecule has 2 aliphatic rings. The van der Waals surface area contributed by atoms with Gasteiger partial charge in [0.25, 0.3) is 5.91 Å². The molecule has 1 amide bonds. The Morgan fingerprint density at radius 1 is 1.12 bits per heavy atom. The maximum Gasteiger partial charge on any atom is 0.253 e. The molecule has 0 saturated carbocycles. The zero-order chi connectivity index (χ0) is 23.4. The number of halogens is 1. The van der Waals surface area contributed by atoms with Gasteiger partial charge < -0.3 is 14.4 Å². The van der Waals surface area contributed by atoms with Crippen LogP contribution in [0.4, 0.5) is 0 Å². The molecule has 5 nitrogen and oxygen atoms in total. The molecule has 2 aromatic carbocycles. The lowest BCUT2D eigenvalue weighted by Gasteiger charge is -2.44. The minimum Gasteiger partial charge on any atom is -0.494 e. The molecule has 6 heteroatoms. The monoisotopic (exact) mass is 469 g/mol. The molecule has 1 fully saturated rings. The van der Waals surface area contributed by atoms with Crippen molar-refractivity contribution in [2.24, 2.45) is 0 Å². The van der Waals surface area contributed by atoms with Crippen LogP contribution in [-0.2, 0) is 0 Å². The van der Waals surface area contributed by atoms with Gasteiger partial charge in [0.1, 0.15) is 17.1 Å². The first-order chi connectivity index (χ1) is 15.9. The third-order valence-corrected chi connectivity index (χ3v) is 6.89. The fraction of sp³-hybridized carbons (Fsp3) is 0.481. The Morgan fingerprint density at radius 3 is 2.55 bits per heavy atom. The number of Topliss-reactive ketones (excluding diaryl/α,β-unsaturated/α-hetero) is 1. The topological polar surface area (TPSA) is 55.8 Å². The lowest BCUT2D eigenvalue weighted by Crippen LogP contribution is -2.52. The normalized spacial score (nSPS) is 16.9. The van der Waals surface area contributed by atoms with Crippen LogP contribution < -0.4 is 9.47 Å². The molecule has 2 aromatic rings. The average molecular weight is 470 g/mol. The molecule has 0 aliphatic carbocycles. The third kappa shape index (κ3) is 5.35. The number of carbonyl (C=O) groups is 2. The molecule has 4 rings (SSSR count). The van der Waals surface area contributed by atoms with E-state index >= 15 is 0 Å². The summed E-state index contributed by atoms with van der Waals surface area (Å²) in [4.78, 5) is 27.7. The number of fused-ring (bicyclic) bond motifs is 1. The number of benzene rings is 2. The van der Waals surface area contributed by atoms with Crippen LogP contribution >= 0.6 is 11.6 Å². The summed E-state index contributed by atoms with van der Waals surface area (Å²) in [5.74, 6) is 1.50. The summed E-state index contributed by atoms with van der Waals surface area (Å²) in [6.45, 7) is 5.92. The van der Waals surface area contributed by atoms with E-state index in [1.165, 1.54) is 19.3 Å². The molecule has 0 atom stereocenters. The smallest absolute Gasteiger partial charge is 0.253 e. The van der Waals surface area contributed by atoms with Crippen LogP contribution in [0.5, 0.6) is 11.5 Å². The Bertz CT molecular complexity index is 1010. The Kier molecular flexibility index (Phi) is 7.28. The number of ketones is 1. The van der Waals surface area contributed by atoms with Gasteiger partial charge >= 0.3 is 0 Å². The highest BCUT2D eigenvalue weighted by atomic mass is 35.5. The summed E-state index contributed by atoms with van der Waals surface area (Å²) < 4.78 is 12.2. The summed E-state index contributed by atoms with van der Waals surface area (Å²) >= 11 is 6.13. The molecule has 2 aliphatic heterocycles. The minimum atomic E-state index is -0.547. The quantitative estimate of drug-likeness (QED) is 0.450. The van der Waals surface area contributed by atoms with Crippen LogP contribution in [0.15, 0.2) is 36.4 Å². The second kappa shape index (κ2) is 10.2. The molecule has 0 bridgehead atoms. The zero-order valence-electron chi connectivity index (χ0n) is 19.5. The second-order valence-corrected chi connectivity index (χ2v) is 9.65. The van der Waals surface area contributed by atoms with Crippen LogP contribution in [0.1, 0.15) is 78.1 Å². The number of rotatable bonds is 7. The van der Waals surface area contributed by atoms with Crippen LogP contribution in [0.3, 0.4) is 0 Å². The summed E-state index contributed by atoms with van der Waals surface area (Å²) in [6.07, 6.45) is 6.25. The Balaban J connectivity index is 1.34. The lowest BCUT2D eigenvalue weighted by atomic mass is 9.82. The maximum absolute atomic E-state index is 13.0. The van der Waals surface area contributed by atoms with Crippen molar-refractivity contribution in [3.8, 4) is 11.5 Å². The number of carbonyl (C=O) groups excluding carboxylic acids is 2. The summed E-state index contributed by atoms with van der Waals surface area (Å²) in [6, 6.07) is 10.9. The van der Waals surface area contributed by atoms with Crippen molar-refractivity contribution in [1.82, 2.24) is 4.90 Å². The van der Waals surface area contributed by atoms with Gasteiger partial charge in [-0.1, -0.05) is 37.8 Å². The molecule has 0 aromatic heterocycles. The minimum absolute atomic E-state index is 0.00449. The summed E-state index contributed by atoms with van der Waals surface area (Å²) in [5, 5.41) is 0.549. The fourth-order valence-electron chi connectivity index (χ4n) is 4.70. The third-order valence-electron chi connectivity index (χ3n) is 6.67. The van der Waals surface area contributed by atoms with Gasteiger partial charge in [0.15, 0.2) is 5.78 Å². The molecule has 1 spiro atoms. The van der Waals surface area contributed by atoms with E-state index in [-0.39, 0.29) is 11.7 Å². The van der Waals surface area contributed by atoms with Gasteiger partial charge in [-0.2, -0.15) is 0 Å². The van der Waals surface area contributed by atoms with E-state index in [1.807, 2.05) is 42.2 Å². The van der Waals surface area contributed by atoms with E-state index in [0.29, 0.717) is 60.9 Å². The van der Waals surface area contributed by atoms with Crippen molar-refractivity contribution in [1.29, 1.82) is 0 Å². The lowest BCUT2D eigenvalue weighted by molar-refractivity contribution is -0.00617.